The van der Waals surface area contributed by atoms with E-state index < -0.39 is 0 Å². The SMILES string of the molecule is O=C1[C@@H]2[C@H]3CC[C@@H](C3)[C@@H]2C(=O)N1c1ccc(Cl)cc1O. The first-order chi connectivity index (χ1) is 9.58. The number of benzene rings is 1. The third-order valence-electron chi connectivity index (χ3n) is 5.11. The van der Waals surface area contributed by atoms with Crippen LogP contribution in [0.4, 0.5) is 5.69 Å². The van der Waals surface area contributed by atoms with Gasteiger partial charge in [-0.1, -0.05) is 11.6 Å². The summed E-state index contributed by atoms with van der Waals surface area (Å²) in [6.45, 7) is 0. The monoisotopic (exact) mass is 291 g/mol. The zero-order valence-electron chi connectivity index (χ0n) is 10.8. The molecule has 1 aliphatic heterocycles. The zero-order valence-corrected chi connectivity index (χ0v) is 11.5. The Morgan fingerprint density at radius 2 is 1.70 bits per heavy atom. The molecule has 0 radical (unpaired) electrons. The normalized spacial score (nSPS) is 35.0. The fourth-order valence-electron chi connectivity index (χ4n) is 4.33. The van der Waals surface area contributed by atoms with Gasteiger partial charge < -0.3 is 5.11 Å². The quantitative estimate of drug-likeness (QED) is 0.809. The minimum atomic E-state index is -0.170. The van der Waals surface area contributed by atoms with E-state index in [1.54, 1.807) is 6.07 Å². The third kappa shape index (κ3) is 1.43. The van der Waals surface area contributed by atoms with Gasteiger partial charge in [0.15, 0.2) is 0 Å². The summed E-state index contributed by atoms with van der Waals surface area (Å²) >= 11 is 5.80. The number of rotatable bonds is 1. The van der Waals surface area contributed by atoms with Crippen LogP contribution < -0.4 is 4.90 Å². The number of anilines is 1. The van der Waals surface area contributed by atoms with Crippen molar-refractivity contribution in [2.45, 2.75) is 19.3 Å². The first-order valence-corrected chi connectivity index (χ1v) is 7.32. The van der Waals surface area contributed by atoms with Gasteiger partial charge in [0.05, 0.1) is 17.5 Å². The first kappa shape index (κ1) is 12.2. The van der Waals surface area contributed by atoms with Crippen molar-refractivity contribution in [3.05, 3.63) is 23.2 Å². The smallest absolute Gasteiger partial charge is 0.238 e. The number of hydrogen-bond acceptors (Lipinski definition) is 3. The molecule has 2 aliphatic carbocycles. The largest absolute Gasteiger partial charge is 0.506 e. The standard InChI is InChI=1S/C15H14ClNO3/c16-9-3-4-10(11(18)6-9)17-14(19)12-7-1-2-8(5-7)13(12)15(17)20/h3-4,6-8,12-13,18H,1-2,5H2/t7-,8-,12-,13+/m0/s1. The van der Waals surface area contributed by atoms with E-state index in [4.69, 9.17) is 11.6 Å². The maximum atomic E-state index is 12.6. The van der Waals surface area contributed by atoms with Crippen LogP contribution in [-0.2, 0) is 9.59 Å². The average Bonchev–Trinajstić information content (AvgIpc) is 3.06. The molecule has 20 heavy (non-hydrogen) atoms. The van der Waals surface area contributed by atoms with Crippen LogP contribution in [0.15, 0.2) is 18.2 Å². The molecule has 4 nitrogen and oxygen atoms in total. The van der Waals surface area contributed by atoms with E-state index in [1.165, 1.54) is 17.0 Å². The molecule has 1 heterocycles. The molecule has 4 atom stereocenters. The molecule has 1 N–H and O–H groups in total. The molecule has 1 saturated heterocycles. The Labute approximate surface area is 121 Å². The molecule has 3 fully saturated rings. The number of carbonyl (C=O) groups is 2. The lowest BCUT2D eigenvalue weighted by Crippen LogP contribution is -2.32. The number of nitrogens with zero attached hydrogens (tertiary/aromatic N) is 1. The van der Waals surface area contributed by atoms with E-state index in [0.717, 1.165) is 19.3 Å². The van der Waals surface area contributed by atoms with Gasteiger partial charge >= 0.3 is 0 Å². The molecule has 2 amide bonds. The average molecular weight is 292 g/mol. The van der Waals surface area contributed by atoms with Crippen LogP contribution in [0.5, 0.6) is 5.75 Å². The number of fused-ring (bicyclic) bond motifs is 5. The summed E-state index contributed by atoms with van der Waals surface area (Å²) in [5, 5.41) is 10.3. The highest BCUT2D eigenvalue weighted by molar-refractivity contribution is 6.31. The van der Waals surface area contributed by atoms with Crippen molar-refractivity contribution >= 4 is 29.1 Å². The molecule has 0 unspecified atom stereocenters. The molecule has 3 aliphatic rings. The van der Waals surface area contributed by atoms with Crippen LogP contribution >= 0.6 is 11.6 Å². The van der Waals surface area contributed by atoms with Gasteiger partial charge in [0.25, 0.3) is 0 Å². The van der Waals surface area contributed by atoms with Crippen LogP contribution in [0.1, 0.15) is 19.3 Å². The molecule has 1 aromatic carbocycles. The number of phenols is 1. The van der Waals surface area contributed by atoms with Gasteiger partial charge in [-0.3, -0.25) is 9.59 Å². The molecule has 4 rings (SSSR count). The van der Waals surface area contributed by atoms with E-state index in [0.29, 0.717) is 16.9 Å². The number of aromatic hydroxyl groups is 1. The molecule has 2 saturated carbocycles. The summed E-state index contributed by atoms with van der Waals surface area (Å²) in [6, 6.07) is 4.48. The highest BCUT2D eigenvalue weighted by Crippen LogP contribution is 2.57. The van der Waals surface area contributed by atoms with Crippen molar-refractivity contribution in [1.29, 1.82) is 0 Å². The summed E-state index contributed by atoms with van der Waals surface area (Å²) in [7, 11) is 0. The second-order valence-electron chi connectivity index (χ2n) is 6.03. The highest BCUT2D eigenvalue weighted by atomic mass is 35.5. The van der Waals surface area contributed by atoms with Gasteiger partial charge in [-0.15, -0.1) is 0 Å². The lowest BCUT2D eigenvalue weighted by Gasteiger charge is -2.19. The fraction of sp³-hybridized carbons (Fsp3) is 0.467. The lowest BCUT2D eigenvalue weighted by molar-refractivity contribution is -0.123. The summed E-state index contributed by atoms with van der Waals surface area (Å²) in [4.78, 5) is 26.3. The number of amides is 2. The van der Waals surface area contributed by atoms with Crippen molar-refractivity contribution in [2.75, 3.05) is 4.90 Å². The van der Waals surface area contributed by atoms with E-state index in [-0.39, 0.29) is 35.1 Å². The van der Waals surface area contributed by atoms with Crippen molar-refractivity contribution in [3.63, 3.8) is 0 Å². The maximum absolute atomic E-state index is 12.6. The molecule has 2 bridgehead atoms. The maximum Gasteiger partial charge on any atom is 0.238 e. The summed E-state index contributed by atoms with van der Waals surface area (Å²) in [5.41, 5.74) is 0.262. The number of hydrogen-bond donors (Lipinski definition) is 1. The van der Waals surface area contributed by atoms with Crippen LogP contribution in [0.25, 0.3) is 0 Å². The van der Waals surface area contributed by atoms with Crippen LogP contribution in [0.3, 0.4) is 0 Å². The van der Waals surface area contributed by atoms with Crippen LogP contribution in [0.2, 0.25) is 5.02 Å². The third-order valence-corrected chi connectivity index (χ3v) is 5.34. The number of imide groups is 1. The summed E-state index contributed by atoms with van der Waals surface area (Å²) in [5.74, 6) is -0.0596. The first-order valence-electron chi connectivity index (χ1n) is 6.94. The predicted molar refractivity (Wildman–Crippen MR) is 73.4 cm³/mol. The molecular formula is C15H14ClNO3. The van der Waals surface area contributed by atoms with Gasteiger partial charge in [-0.25, -0.2) is 4.90 Å². The zero-order chi connectivity index (χ0) is 14.0. The Kier molecular flexibility index (Phi) is 2.43. The van der Waals surface area contributed by atoms with Crippen molar-refractivity contribution in [3.8, 4) is 5.75 Å². The van der Waals surface area contributed by atoms with Crippen LogP contribution in [-0.4, -0.2) is 16.9 Å². The minimum Gasteiger partial charge on any atom is -0.506 e. The van der Waals surface area contributed by atoms with E-state index in [1.807, 2.05) is 0 Å². The molecule has 0 spiro atoms. The molecule has 1 aromatic rings. The molecule has 104 valence electrons. The summed E-state index contributed by atoms with van der Waals surface area (Å²) < 4.78 is 0. The van der Waals surface area contributed by atoms with Gasteiger partial charge in [0.2, 0.25) is 11.8 Å². The van der Waals surface area contributed by atoms with Gasteiger partial charge in [0, 0.05) is 11.1 Å². The number of carbonyl (C=O) groups excluding carboxylic acids is 2. The van der Waals surface area contributed by atoms with Crippen LogP contribution in [0, 0.1) is 23.7 Å². The Morgan fingerprint density at radius 1 is 1.10 bits per heavy atom. The lowest BCUT2D eigenvalue weighted by atomic mass is 9.81. The van der Waals surface area contributed by atoms with E-state index in [2.05, 4.69) is 0 Å². The van der Waals surface area contributed by atoms with Crippen molar-refractivity contribution < 1.29 is 14.7 Å². The van der Waals surface area contributed by atoms with Gasteiger partial charge in [0.1, 0.15) is 5.75 Å². The van der Waals surface area contributed by atoms with Crippen molar-refractivity contribution in [2.24, 2.45) is 23.7 Å². The highest BCUT2D eigenvalue weighted by Gasteiger charge is 2.61. The number of halogens is 1. The Morgan fingerprint density at radius 3 is 2.25 bits per heavy atom. The van der Waals surface area contributed by atoms with E-state index >= 15 is 0 Å². The summed E-state index contributed by atoms with van der Waals surface area (Å²) in [6.07, 6.45) is 3.10. The Hall–Kier alpha value is -1.55. The second-order valence-corrected chi connectivity index (χ2v) is 6.47. The topological polar surface area (TPSA) is 57.6 Å². The van der Waals surface area contributed by atoms with Crippen molar-refractivity contribution in [1.82, 2.24) is 0 Å². The fourth-order valence-corrected chi connectivity index (χ4v) is 4.50. The van der Waals surface area contributed by atoms with Gasteiger partial charge in [-0.2, -0.15) is 0 Å². The second kappa shape index (κ2) is 3.98. The Bertz CT molecular complexity index is 602. The van der Waals surface area contributed by atoms with Gasteiger partial charge in [-0.05, 0) is 43.2 Å². The Balaban J connectivity index is 1.77. The molecule has 0 aromatic heterocycles. The number of phenolic OH excluding ortho intramolecular Hbond substituents is 1. The minimum absolute atomic E-state index is 0.119. The molecular weight excluding hydrogens is 278 g/mol. The van der Waals surface area contributed by atoms with E-state index in [9.17, 15) is 14.7 Å². The molecule has 5 heteroatoms. The predicted octanol–water partition coefficient (Wildman–Crippen LogP) is 2.58.